The molecule has 6 heteroatoms. The van der Waals surface area contributed by atoms with Crippen LogP contribution in [0.2, 0.25) is 5.02 Å². The first-order chi connectivity index (χ1) is 10.2. The quantitative estimate of drug-likeness (QED) is 0.887. The Morgan fingerprint density at radius 2 is 2.24 bits per heavy atom. The number of nitrogens with one attached hydrogen (secondary N) is 1. The van der Waals surface area contributed by atoms with Crippen molar-refractivity contribution in [3.63, 3.8) is 0 Å². The molecule has 1 fully saturated rings. The number of aromatic amines is 1. The average molecular weight is 325 g/mol. The summed E-state index contributed by atoms with van der Waals surface area (Å²) in [6.07, 6.45) is 5.04. The van der Waals surface area contributed by atoms with E-state index in [0.717, 1.165) is 30.0 Å². The molecule has 1 aliphatic heterocycles. The monoisotopic (exact) mass is 324 g/mol. The van der Waals surface area contributed by atoms with E-state index in [1.54, 1.807) is 18.0 Å². The minimum absolute atomic E-state index is 0.0447. The normalized spacial score (nSPS) is 25.3. The Morgan fingerprint density at radius 3 is 2.86 bits per heavy atom. The molecule has 1 aromatic heterocycles. The average Bonchev–Trinajstić information content (AvgIpc) is 3.16. The van der Waals surface area contributed by atoms with Crippen LogP contribution in [0.1, 0.15) is 17.8 Å². The van der Waals surface area contributed by atoms with Crippen LogP contribution in [0.4, 0.5) is 0 Å². The van der Waals surface area contributed by atoms with Crippen molar-refractivity contribution in [2.24, 2.45) is 0 Å². The largest absolute Gasteiger partial charge is 0.394 e. The number of H-pyrrole nitrogens is 1. The number of benzene rings is 1. The van der Waals surface area contributed by atoms with Crippen LogP contribution in [0.3, 0.4) is 0 Å². The Kier molecular flexibility index (Phi) is 4.54. The number of imidazole rings is 1. The van der Waals surface area contributed by atoms with Crippen LogP contribution in [-0.4, -0.2) is 33.5 Å². The van der Waals surface area contributed by atoms with Crippen molar-refractivity contribution in [1.29, 1.82) is 0 Å². The van der Waals surface area contributed by atoms with E-state index in [4.69, 9.17) is 16.3 Å². The van der Waals surface area contributed by atoms with E-state index in [1.165, 1.54) is 0 Å². The van der Waals surface area contributed by atoms with Crippen LogP contribution >= 0.6 is 23.4 Å². The number of aliphatic hydroxyl groups excluding tert-OH is 1. The van der Waals surface area contributed by atoms with Gasteiger partial charge in [0.05, 0.1) is 12.7 Å². The minimum atomic E-state index is -0.440. The zero-order chi connectivity index (χ0) is 14.7. The summed E-state index contributed by atoms with van der Waals surface area (Å²) < 4.78 is 6.15. The van der Waals surface area contributed by atoms with Crippen molar-refractivity contribution >= 4 is 23.4 Å². The molecule has 2 heterocycles. The molecule has 0 amide bonds. The lowest BCUT2D eigenvalue weighted by atomic mass is 10.0. The van der Waals surface area contributed by atoms with E-state index in [-0.39, 0.29) is 12.7 Å². The van der Waals surface area contributed by atoms with Gasteiger partial charge in [0, 0.05) is 29.6 Å². The number of aromatic nitrogens is 2. The Hall–Kier alpha value is -1.01. The molecule has 112 valence electrons. The molecular weight excluding hydrogens is 308 g/mol. The molecule has 2 N–H and O–H groups in total. The summed E-state index contributed by atoms with van der Waals surface area (Å²) in [6, 6.07) is 7.75. The van der Waals surface area contributed by atoms with Gasteiger partial charge >= 0.3 is 0 Å². The lowest BCUT2D eigenvalue weighted by Gasteiger charge is -2.29. The van der Waals surface area contributed by atoms with Gasteiger partial charge in [0.2, 0.25) is 0 Å². The van der Waals surface area contributed by atoms with E-state index in [0.29, 0.717) is 5.02 Å². The van der Waals surface area contributed by atoms with E-state index in [9.17, 15) is 5.11 Å². The van der Waals surface area contributed by atoms with Gasteiger partial charge in [-0.15, -0.1) is 11.8 Å². The molecule has 3 rings (SSSR count). The number of aryl methyl sites for hydroxylation is 1. The molecule has 0 saturated carbocycles. The molecule has 1 aromatic carbocycles. The molecule has 21 heavy (non-hydrogen) atoms. The Bertz CT molecular complexity index is 576. The Morgan fingerprint density at radius 1 is 1.43 bits per heavy atom. The second-order valence-corrected chi connectivity index (χ2v) is 6.75. The van der Waals surface area contributed by atoms with Gasteiger partial charge in [-0.3, -0.25) is 0 Å². The summed E-state index contributed by atoms with van der Waals surface area (Å²) >= 11 is 7.71. The summed E-state index contributed by atoms with van der Waals surface area (Å²) in [6.45, 7) is 0.0447. The molecule has 4 nitrogen and oxygen atoms in total. The lowest BCUT2D eigenvalue weighted by Crippen LogP contribution is -2.26. The fourth-order valence-corrected chi connectivity index (χ4v) is 4.01. The number of halogens is 1. The number of ether oxygens (including phenoxy) is 1. The fourth-order valence-electron chi connectivity index (χ4n) is 2.50. The van der Waals surface area contributed by atoms with Gasteiger partial charge in [-0.25, -0.2) is 4.98 Å². The number of thioether (sulfide) groups is 1. The van der Waals surface area contributed by atoms with Crippen LogP contribution in [0.15, 0.2) is 36.7 Å². The molecule has 2 aromatic rings. The van der Waals surface area contributed by atoms with Crippen LogP contribution in [0.25, 0.3) is 0 Å². The molecule has 0 bridgehead atoms. The molecule has 0 aliphatic carbocycles. The van der Waals surface area contributed by atoms with Crippen molar-refractivity contribution < 1.29 is 9.84 Å². The van der Waals surface area contributed by atoms with Gasteiger partial charge in [-0.1, -0.05) is 23.7 Å². The van der Waals surface area contributed by atoms with Crippen LogP contribution in [0, 0.1) is 0 Å². The summed E-state index contributed by atoms with van der Waals surface area (Å²) in [5, 5.41) is 10.1. The highest BCUT2D eigenvalue weighted by molar-refractivity contribution is 8.00. The zero-order valence-electron chi connectivity index (χ0n) is 11.5. The highest BCUT2D eigenvalue weighted by Gasteiger charge is 2.42. The molecule has 0 radical (unpaired) electrons. The number of rotatable bonds is 5. The number of aliphatic hydroxyl groups is 1. The predicted octanol–water partition coefficient (Wildman–Crippen LogP) is 2.97. The molecule has 2 atom stereocenters. The second-order valence-electron chi connectivity index (χ2n) is 5.03. The smallest absolute Gasteiger partial charge is 0.140 e. The van der Waals surface area contributed by atoms with E-state index in [1.807, 2.05) is 30.5 Å². The van der Waals surface area contributed by atoms with Gasteiger partial charge in [0.25, 0.3) is 0 Å². The van der Waals surface area contributed by atoms with Crippen molar-refractivity contribution in [3.05, 3.63) is 53.1 Å². The van der Waals surface area contributed by atoms with Crippen molar-refractivity contribution in [3.8, 4) is 0 Å². The number of hydrogen-bond acceptors (Lipinski definition) is 4. The maximum absolute atomic E-state index is 9.36. The van der Waals surface area contributed by atoms with E-state index in [2.05, 4.69) is 9.97 Å². The standard InChI is InChI=1S/C15H17ClN2O2S/c16-12-3-1-11(2-4-12)15(20-13(9-19)10-21-15)6-5-14-17-7-8-18-14/h1-4,7-8,13,19H,5-6,9-10H2,(H,17,18)/t13-,15+/m0/s1. The molecule has 0 spiro atoms. The summed E-state index contributed by atoms with van der Waals surface area (Å²) in [4.78, 5) is 6.94. The number of nitrogens with zero attached hydrogens (tertiary/aromatic N) is 1. The molecule has 1 aliphatic rings. The maximum atomic E-state index is 9.36. The summed E-state index contributed by atoms with van der Waals surface area (Å²) in [7, 11) is 0. The first-order valence-electron chi connectivity index (χ1n) is 6.89. The van der Waals surface area contributed by atoms with Crippen LogP contribution < -0.4 is 0 Å². The SMILES string of the molecule is OC[C@H]1CS[C@](CCc2ncc[nH]2)(c2ccc(Cl)cc2)O1. The lowest BCUT2D eigenvalue weighted by molar-refractivity contribution is -0.0387. The molecule has 0 unspecified atom stereocenters. The molecule has 1 saturated heterocycles. The first kappa shape index (κ1) is 14.9. The van der Waals surface area contributed by atoms with Crippen molar-refractivity contribution in [2.45, 2.75) is 23.9 Å². The van der Waals surface area contributed by atoms with Crippen molar-refractivity contribution in [2.75, 3.05) is 12.4 Å². The van der Waals surface area contributed by atoms with Gasteiger partial charge in [0.1, 0.15) is 10.8 Å². The van der Waals surface area contributed by atoms with Crippen LogP contribution in [0.5, 0.6) is 0 Å². The third-order valence-corrected chi connectivity index (χ3v) is 5.39. The third-order valence-electron chi connectivity index (χ3n) is 3.59. The topological polar surface area (TPSA) is 58.1 Å². The molecular formula is C15H17ClN2O2S. The highest BCUT2D eigenvalue weighted by Crippen LogP contribution is 2.48. The second kappa shape index (κ2) is 6.40. The van der Waals surface area contributed by atoms with Gasteiger partial charge < -0.3 is 14.8 Å². The predicted molar refractivity (Wildman–Crippen MR) is 84.5 cm³/mol. The van der Waals surface area contributed by atoms with E-state index >= 15 is 0 Å². The van der Waals surface area contributed by atoms with Gasteiger partial charge in [-0.05, 0) is 24.1 Å². The highest BCUT2D eigenvalue weighted by atomic mass is 35.5. The Labute approximate surface area is 132 Å². The minimum Gasteiger partial charge on any atom is -0.394 e. The zero-order valence-corrected chi connectivity index (χ0v) is 13.0. The fraction of sp³-hybridized carbons (Fsp3) is 0.400. The van der Waals surface area contributed by atoms with E-state index < -0.39 is 4.93 Å². The van der Waals surface area contributed by atoms with Gasteiger partial charge in [-0.2, -0.15) is 0 Å². The van der Waals surface area contributed by atoms with Crippen LogP contribution in [-0.2, 0) is 16.1 Å². The van der Waals surface area contributed by atoms with Crippen molar-refractivity contribution in [1.82, 2.24) is 9.97 Å². The third kappa shape index (κ3) is 3.26. The summed E-state index contributed by atoms with van der Waals surface area (Å²) in [5.41, 5.74) is 1.08. The van der Waals surface area contributed by atoms with Gasteiger partial charge in [0.15, 0.2) is 0 Å². The maximum Gasteiger partial charge on any atom is 0.140 e. The number of hydrogen-bond donors (Lipinski definition) is 2. The summed E-state index contributed by atoms with van der Waals surface area (Å²) in [5.74, 6) is 1.73. The first-order valence-corrected chi connectivity index (χ1v) is 8.25. The Balaban J connectivity index is 1.82.